The van der Waals surface area contributed by atoms with Crippen molar-refractivity contribution in [1.82, 2.24) is 10.2 Å². The van der Waals surface area contributed by atoms with Crippen LogP contribution in [0.15, 0.2) is 18.2 Å². The molecule has 17 heavy (non-hydrogen) atoms. The molecule has 4 nitrogen and oxygen atoms in total. The number of carbonyl (C=O) groups is 1. The summed E-state index contributed by atoms with van der Waals surface area (Å²) in [6.45, 7) is 6.03. The molecule has 1 saturated heterocycles. The molecule has 1 aromatic rings. The average Bonchev–Trinajstić information content (AvgIpc) is 2.32. The number of rotatable bonds is 1. The Morgan fingerprint density at radius 2 is 2.29 bits per heavy atom. The molecular formula is C13H18N2O2. The highest BCUT2D eigenvalue weighted by molar-refractivity contribution is 5.97. The summed E-state index contributed by atoms with van der Waals surface area (Å²) in [5.74, 6) is 0.0169. The number of aromatic hydroxyl groups is 1. The lowest BCUT2D eigenvalue weighted by Crippen LogP contribution is -2.51. The fourth-order valence-electron chi connectivity index (χ4n) is 2.12. The monoisotopic (exact) mass is 234 g/mol. The Morgan fingerprint density at radius 3 is 3.00 bits per heavy atom. The van der Waals surface area contributed by atoms with Gasteiger partial charge in [0.05, 0.1) is 5.56 Å². The lowest BCUT2D eigenvalue weighted by molar-refractivity contribution is 0.0706. The van der Waals surface area contributed by atoms with Crippen molar-refractivity contribution in [3.8, 4) is 5.75 Å². The zero-order chi connectivity index (χ0) is 12.4. The van der Waals surface area contributed by atoms with Crippen molar-refractivity contribution < 1.29 is 9.90 Å². The molecule has 0 aromatic heterocycles. The largest absolute Gasteiger partial charge is 0.507 e. The maximum Gasteiger partial charge on any atom is 0.257 e. The molecule has 1 aromatic carbocycles. The third-order valence-corrected chi connectivity index (χ3v) is 3.12. The molecule has 1 aliphatic heterocycles. The van der Waals surface area contributed by atoms with Gasteiger partial charge in [-0.1, -0.05) is 12.1 Å². The van der Waals surface area contributed by atoms with Crippen LogP contribution < -0.4 is 5.32 Å². The highest BCUT2D eigenvalue weighted by atomic mass is 16.3. The lowest BCUT2D eigenvalue weighted by Gasteiger charge is -2.32. The standard InChI is InChI=1S/C13H18N2O2/c1-9-4-3-5-11(12(9)16)13(17)15-7-6-14-10(2)8-15/h3-5,10,14,16H,6-8H2,1-2H3/t10-/m0/s1. The molecule has 0 saturated carbocycles. The molecule has 1 fully saturated rings. The number of amides is 1. The van der Waals surface area contributed by atoms with Gasteiger partial charge in [0.15, 0.2) is 0 Å². The number of hydrogen-bond acceptors (Lipinski definition) is 3. The average molecular weight is 234 g/mol. The van der Waals surface area contributed by atoms with E-state index in [0.29, 0.717) is 24.7 Å². The van der Waals surface area contributed by atoms with Crippen LogP contribution in [0, 0.1) is 6.92 Å². The highest BCUT2D eigenvalue weighted by Gasteiger charge is 2.23. The Hall–Kier alpha value is -1.55. The van der Waals surface area contributed by atoms with E-state index in [9.17, 15) is 9.90 Å². The van der Waals surface area contributed by atoms with E-state index in [2.05, 4.69) is 12.2 Å². The van der Waals surface area contributed by atoms with Crippen molar-refractivity contribution in [3.63, 3.8) is 0 Å². The predicted molar refractivity (Wildman–Crippen MR) is 66.2 cm³/mol. The number of carbonyl (C=O) groups excluding carboxylic acids is 1. The van der Waals surface area contributed by atoms with E-state index in [1.54, 1.807) is 30.0 Å². The topological polar surface area (TPSA) is 52.6 Å². The first-order valence-electron chi connectivity index (χ1n) is 5.91. The van der Waals surface area contributed by atoms with Crippen LogP contribution in [-0.2, 0) is 0 Å². The molecule has 92 valence electrons. The molecule has 1 aliphatic rings. The van der Waals surface area contributed by atoms with E-state index in [1.165, 1.54) is 0 Å². The third kappa shape index (κ3) is 2.42. The number of piperazine rings is 1. The van der Waals surface area contributed by atoms with Gasteiger partial charge in [-0.3, -0.25) is 4.79 Å². The van der Waals surface area contributed by atoms with E-state index < -0.39 is 0 Å². The van der Waals surface area contributed by atoms with Gasteiger partial charge in [0.1, 0.15) is 5.75 Å². The molecule has 2 rings (SSSR count). The second-order valence-electron chi connectivity index (χ2n) is 4.58. The Kier molecular flexibility index (Phi) is 3.33. The molecule has 4 heteroatoms. The maximum absolute atomic E-state index is 12.3. The minimum atomic E-state index is -0.0837. The molecule has 0 spiro atoms. The third-order valence-electron chi connectivity index (χ3n) is 3.12. The number of nitrogens with one attached hydrogen (secondary N) is 1. The van der Waals surface area contributed by atoms with E-state index in [1.807, 2.05) is 0 Å². The molecule has 0 aliphatic carbocycles. The minimum absolute atomic E-state index is 0.0837. The van der Waals surface area contributed by atoms with Gasteiger partial charge in [-0.25, -0.2) is 0 Å². The normalized spacial score (nSPS) is 20.4. The Morgan fingerprint density at radius 1 is 1.53 bits per heavy atom. The second kappa shape index (κ2) is 4.75. The smallest absolute Gasteiger partial charge is 0.257 e. The quantitative estimate of drug-likeness (QED) is 0.766. The van der Waals surface area contributed by atoms with Crippen LogP contribution in [0.25, 0.3) is 0 Å². The number of nitrogens with zero attached hydrogens (tertiary/aromatic N) is 1. The van der Waals surface area contributed by atoms with Crippen molar-refractivity contribution in [2.45, 2.75) is 19.9 Å². The molecule has 1 atom stereocenters. The van der Waals surface area contributed by atoms with E-state index in [-0.39, 0.29) is 11.7 Å². The van der Waals surface area contributed by atoms with Gasteiger partial charge < -0.3 is 15.3 Å². The summed E-state index contributed by atoms with van der Waals surface area (Å²) >= 11 is 0. The van der Waals surface area contributed by atoms with Crippen LogP contribution in [0.4, 0.5) is 0 Å². The van der Waals surface area contributed by atoms with Crippen LogP contribution in [0.3, 0.4) is 0 Å². The summed E-state index contributed by atoms with van der Waals surface area (Å²) in [6, 6.07) is 5.58. The zero-order valence-corrected chi connectivity index (χ0v) is 10.2. The maximum atomic E-state index is 12.3. The second-order valence-corrected chi connectivity index (χ2v) is 4.58. The first kappa shape index (κ1) is 11.9. The van der Waals surface area contributed by atoms with Gasteiger partial charge in [0, 0.05) is 25.7 Å². The highest BCUT2D eigenvalue weighted by Crippen LogP contribution is 2.23. The summed E-state index contributed by atoms with van der Waals surface area (Å²) in [7, 11) is 0. The van der Waals surface area contributed by atoms with Crippen molar-refractivity contribution in [2.24, 2.45) is 0 Å². The first-order chi connectivity index (χ1) is 8.09. The number of aryl methyl sites for hydroxylation is 1. The van der Waals surface area contributed by atoms with Crippen molar-refractivity contribution >= 4 is 5.91 Å². The lowest BCUT2D eigenvalue weighted by atomic mass is 10.1. The van der Waals surface area contributed by atoms with E-state index >= 15 is 0 Å². The summed E-state index contributed by atoms with van der Waals surface area (Å²) in [5, 5.41) is 13.2. The first-order valence-corrected chi connectivity index (χ1v) is 5.91. The summed E-state index contributed by atoms with van der Waals surface area (Å²) in [5.41, 5.74) is 1.14. The van der Waals surface area contributed by atoms with Gasteiger partial charge in [-0.15, -0.1) is 0 Å². The Bertz CT molecular complexity index is 431. The molecule has 0 bridgehead atoms. The van der Waals surface area contributed by atoms with Crippen LogP contribution >= 0.6 is 0 Å². The summed E-state index contributed by atoms with van der Waals surface area (Å²) in [4.78, 5) is 14.0. The minimum Gasteiger partial charge on any atom is -0.507 e. The van der Waals surface area contributed by atoms with Gasteiger partial charge in [-0.05, 0) is 25.5 Å². The van der Waals surface area contributed by atoms with Gasteiger partial charge in [0.2, 0.25) is 0 Å². The van der Waals surface area contributed by atoms with Crippen LogP contribution in [0.2, 0.25) is 0 Å². The Balaban J connectivity index is 2.22. The molecule has 1 heterocycles. The molecule has 2 N–H and O–H groups in total. The number of benzene rings is 1. The van der Waals surface area contributed by atoms with Crippen LogP contribution in [0.1, 0.15) is 22.8 Å². The number of para-hydroxylation sites is 1. The van der Waals surface area contributed by atoms with Crippen molar-refractivity contribution in [2.75, 3.05) is 19.6 Å². The SMILES string of the molecule is Cc1cccc(C(=O)N2CCN[C@@H](C)C2)c1O. The fraction of sp³-hybridized carbons (Fsp3) is 0.462. The fourth-order valence-corrected chi connectivity index (χ4v) is 2.12. The molecule has 1 amide bonds. The Labute approximate surface area is 101 Å². The molecular weight excluding hydrogens is 216 g/mol. The van der Waals surface area contributed by atoms with E-state index in [4.69, 9.17) is 0 Å². The summed E-state index contributed by atoms with van der Waals surface area (Å²) in [6.07, 6.45) is 0. The summed E-state index contributed by atoms with van der Waals surface area (Å²) < 4.78 is 0. The number of hydrogen-bond donors (Lipinski definition) is 2. The number of phenols is 1. The van der Waals surface area contributed by atoms with Crippen molar-refractivity contribution in [3.05, 3.63) is 29.3 Å². The van der Waals surface area contributed by atoms with Gasteiger partial charge in [-0.2, -0.15) is 0 Å². The van der Waals surface area contributed by atoms with Gasteiger partial charge in [0.25, 0.3) is 5.91 Å². The predicted octanol–water partition coefficient (Wildman–Crippen LogP) is 1.13. The molecule has 0 unspecified atom stereocenters. The van der Waals surface area contributed by atoms with E-state index in [0.717, 1.165) is 12.1 Å². The van der Waals surface area contributed by atoms with Crippen LogP contribution in [-0.4, -0.2) is 41.6 Å². The van der Waals surface area contributed by atoms with Gasteiger partial charge >= 0.3 is 0 Å². The van der Waals surface area contributed by atoms with Crippen LogP contribution in [0.5, 0.6) is 5.75 Å². The molecule has 0 radical (unpaired) electrons. The van der Waals surface area contributed by atoms with Crippen molar-refractivity contribution in [1.29, 1.82) is 0 Å². The zero-order valence-electron chi connectivity index (χ0n) is 10.2. The number of phenolic OH excluding ortho intramolecular Hbond substituents is 1.